The lowest BCUT2D eigenvalue weighted by molar-refractivity contribution is 0.0470. The Kier molecular flexibility index (Phi) is 7.23. The number of hydrogen-bond acceptors (Lipinski definition) is 1. The normalized spacial score (nSPS) is 23.4. The monoisotopic (exact) mass is 583 g/mol. The van der Waals surface area contributed by atoms with Crippen molar-refractivity contribution in [3.8, 4) is 11.5 Å². The predicted octanol–water partition coefficient (Wildman–Crippen LogP) is 8.30. The quantitative estimate of drug-likeness (QED) is 0.127. The van der Waals surface area contributed by atoms with Gasteiger partial charge in [0.15, 0.2) is 5.78 Å². The van der Waals surface area contributed by atoms with Crippen LogP contribution in [0.5, 0.6) is 0 Å². The summed E-state index contributed by atoms with van der Waals surface area (Å²) in [6.45, 7) is 13.8. The van der Waals surface area contributed by atoms with E-state index in [4.69, 9.17) is 0 Å². The molecule has 1 atom stereocenters. The first-order chi connectivity index (χ1) is 19.9. The van der Waals surface area contributed by atoms with Crippen molar-refractivity contribution in [2.45, 2.75) is 71.1 Å². The summed E-state index contributed by atoms with van der Waals surface area (Å²) in [4.78, 5) is 14.8. The van der Waals surface area contributed by atoms with Crippen molar-refractivity contribution in [2.75, 3.05) is 0 Å². The SMILES string of the molecule is CC(C)(C)c1ccc([Si](CC2(C#C[Si](C)(C)C)CC3CC2(C(=O)c2ccc4ccccc4c2)C3)c2ccccc2)cc1. The number of benzene rings is 4. The number of ketones is 1. The lowest BCUT2D eigenvalue weighted by Gasteiger charge is -2.46. The summed E-state index contributed by atoms with van der Waals surface area (Å²) in [5, 5.41) is 5.16. The van der Waals surface area contributed by atoms with Gasteiger partial charge < -0.3 is 0 Å². The van der Waals surface area contributed by atoms with Crippen molar-refractivity contribution in [2.24, 2.45) is 16.7 Å². The molecule has 1 nitrogen and oxygen atoms in total. The maximum Gasteiger partial charge on any atom is 0.170 e. The molecule has 0 saturated heterocycles. The first kappa shape index (κ1) is 28.9. The molecule has 213 valence electrons. The highest BCUT2D eigenvalue weighted by molar-refractivity contribution is 6.85. The van der Waals surface area contributed by atoms with Crippen LogP contribution >= 0.6 is 0 Å². The molecule has 3 fully saturated rings. The summed E-state index contributed by atoms with van der Waals surface area (Å²) < 4.78 is 0. The summed E-state index contributed by atoms with van der Waals surface area (Å²) in [6, 6.07) is 36.1. The molecule has 4 aromatic carbocycles. The predicted molar refractivity (Wildman–Crippen MR) is 183 cm³/mol. The van der Waals surface area contributed by atoms with Gasteiger partial charge in [-0.05, 0) is 59.0 Å². The largest absolute Gasteiger partial charge is 0.293 e. The highest BCUT2D eigenvalue weighted by Gasteiger charge is 2.69. The van der Waals surface area contributed by atoms with Crippen molar-refractivity contribution < 1.29 is 4.79 Å². The fourth-order valence-electron chi connectivity index (χ4n) is 7.41. The Morgan fingerprint density at radius 3 is 2.07 bits per heavy atom. The molecule has 0 aliphatic heterocycles. The average molecular weight is 584 g/mol. The number of carbonyl (C=O) groups is 1. The third-order valence-corrected chi connectivity index (χ3v) is 13.5. The Morgan fingerprint density at radius 2 is 1.43 bits per heavy atom. The van der Waals surface area contributed by atoms with E-state index < -0.39 is 22.3 Å². The second-order valence-corrected chi connectivity index (χ2v) is 22.1. The van der Waals surface area contributed by atoms with E-state index in [2.05, 4.69) is 149 Å². The molecule has 3 aliphatic carbocycles. The van der Waals surface area contributed by atoms with Crippen molar-refractivity contribution in [3.63, 3.8) is 0 Å². The zero-order valence-electron chi connectivity index (χ0n) is 26.1. The van der Waals surface area contributed by atoms with Gasteiger partial charge in [0, 0.05) is 11.0 Å². The molecule has 1 unspecified atom stereocenters. The summed E-state index contributed by atoms with van der Waals surface area (Å²) in [6.07, 6.45) is 3.00. The highest BCUT2D eigenvalue weighted by atomic mass is 28.3. The third-order valence-electron chi connectivity index (χ3n) is 9.65. The van der Waals surface area contributed by atoms with Crippen molar-refractivity contribution in [1.29, 1.82) is 0 Å². The third kappa shape index (κ3) is 5.25. The van der Waals surface area contributed by atoms with E-state index in [9.17, 15) is 4.79 Å². The lowest BCUT2D eigenvalue weighted by atomic mass is 9.57. The Balaban J connectivity index is 1.47. The summed E-state index contributed by atoms with van der Waals surface area (Å²) in [5.41, 5.74) is 5.45. The topological polar surface area (TPSA) is 17.1 Å². The molecule has 3 aliphatic rings. The van der Waals surface area contributed by atoms with Crippen LogP contribution in [0, 0.1) is 28.2 Å². The molecule has 0 heterocycles. The molecule has 1 radical (unpaired) electrons. The van der Waals surface area contributed by atoms with Crippen LogP contribution in [0.1, 0.15) is 56.0 Å². The van der Waals surface area contributed by atoms with Crippen LogP contribution in [0.15, 0.2) is 97.1 Å². The molecular formula is C39H43OSi2. The first-order valence-electron chi connectivity index (χ1n) is 15.5. The van der Waals surface area contributed by atoms with E-state index in [1.165, 1.54) is 21.3 Å². The zero-order valence-corrected chi connectivity index (χ0v) is 28.1. The number of carbonyl (C=O) groups excluding carboxylic acids is 1. The fraction of sp³-hybridized carbons (Fsp3) is 0.359. The number of hydrogen-bond donors (Lipinski definition) is 0. The Labute approximate surface area is 255 Å². The first-order valence-corrected chi connectivity index (χ1v) is 20.7. The molecule has 7 rings (SSSR count). The second kappa shape index (κ2) is 10.5. The van der Waals surface area contributed by atoms with Crippen LogP contribution in [-0.2, 0) is 5.41 Å². The minimum absolute atomic E-state index is 0.116. The van der Waals surface area contributed by atoms with Gasteiger partial charge in [-0.15, -0.1) is 11.5 Å². The van der Waals surface area contributed by atoms with Crippen molar-refractivity contribution in [1.82, 2.24) is 0 Å². The van der Waals surface area contributed by atoms with Crippen LogP contribution in [-0.4, -0.2) is 22.7 Å². The van der Waals surface area contributed by atoms with Crippen LogP contribution in [0.4, 0.5) is 0 Å². The van der Waals surface area contributed by atoms with Crippen molar-refractivity contribution in [3.05, 3.63) is 108 Å². The number of fused-ring (bicyclic) bond motifs is 2. The molecule has 0 amide bonds. The van der Waals surface area contributed by atoms with E-state index in [0.29, 0.717) is 11.7 Å². The minimum atomic E-state index is -1.67. The highest BCUT2D eigenvalue weighted by Crippen LogP contribution is 2.71. The number of rotatable bonds is 6. The Bertz CT molecular complexity index is 1670. The summed E-state index contributed by atoms with van der Waals surface area (Å²) in [5.74, 6) is 4.89. The van der Waals surface area contributed by atoms with E-state index in [0.717, 1.165) is 36.3 Å². The van der Waals surface area contributed by atoms with Gasteiger partial charge in [-0.2, -0.15) is 0 Å². The molecule has 0 N–H and O–H groups in total. The molecule has 0 aromatic heterocycles. The van der Waals surface area contributed by atoms with Gasteiger partial charge in [0.25, 0.3) is 0 Å². The van der Waals surface area contributed by atoms with Gasteiger partial charge in [0.05, 0.1) is 5.41 Å². The average Bonchev–Trinajstić information content (AvgIpc) is 3.44. The standard InChI is InChI=1S/C39H43OSi2/c1-37(2,3)33-18-20-35(21-19-33)41(34-14-8-7-9-15-34)28-38(22-23-42(4,5)6)25-29-26-39(38,27-29)36(40)32-17-16-30-12-10-11-13-31(30)24-32/h7-21,24,29H,25-28H2,1-6H3. The minimum Gasteiger partial charge on any atom is -0.293 e. The van der Waals surface area contributed by atoms with Gasteiger partial charge in [-0.3, -0.25) is 4.79 Å². The molecule has 0 spiro atoms. The van der Waals surface area contributed by atoms with Crippen LogP contribution in [0.3, 0.4) is 0 Å². The smallest absolute Gasteiger partial charge is 0.170 e. The molecule has 4 aromatic rings. The molecule has 42 heavy (non-hydrogen) atoms. The van der Waals surface area contributed by atoms with Gasteiger partial charge in [0.1, 0.15) is 16.9 Å². The maximum atomic E-state index is 14.8. The van der Waals surface area contributed by atoms with E-state index >= 15 is 0 Å². The van der Waals surface area contributed by atoms with Gasteiger partial charge >= 0.3 is 0 Å². The molecule has 3 heteroatoms. The van der Waals surface area contributed by atoms with Crippen LogP contribution in [0.2, 0.25) is 25.7 Å². The number of Topliss-reactive ketones (excluding diaryl/α,β-unsaturated/α-hetero) is 1. The van der Waals surface area contributed by atoms with Gasteiger partial charge in [0.2, 0.25) is 0 Å². The maximum absolute atomic E-state index is 14.8. The second-order valence-electron chi connectivity index (χ2n) is 14.9. The molecular weight excluding hydrogens is 541 g/mol. The lowest BCUT2D eigenvalue weighted by Crippen LogP contribution is -2.52. The zero-order chi connectivity index (χ0) is 29.8. The molecule has 3 saturated carbocycles. The summed E-state index contributed by atoms with van der Waals surface area (Å²) in [7, 11) is -2.87. The van der Waals surface area contributed by atoms with Gasteiger partial charge in [-0.1, -0.05) is 142 Å². The van der Waals surface area contributed by atoms with E-state index in [-0.39, 0.29) is 10.8 Å². The Hall–Kier alpha value is -3.20. The van der Waals surface area contributed by atoms with E-state index in [1.807, 2.05) is 0 Å². The molecule has 2 bridgehead atoms. The van der Waals surface area contributed by atoms with E-state index in [1.54, 1.807) is 0 Å². The van der Waals surface area contributed by atoms with Crippen LogP contribution in [0.25, 0.3) is 10.8 Å². The van der Waals surface area contributed by atoms with Crippen molar-refractivity contribution >= 4 is 43.8 Å². The van der Waals surface area contributed by atoms with Crippen LogP contribution < -0.4 is 10.4 Å². The Morgan fingerprint density at radius 1 is 0.810 bits per heavy atom. The summed E-state index contributed by atoms with van der Waals surface area (Å²) >= 11 is 0. The fourth-order valence-corrected chi connectivity index (χ4v) is 11.1. The van der Waals surface area contributed by atoms with Gasteiger partial charge in [-0.25, -0.2) is 0 Å².